The molecule has 120 valence electrons. The molecule has 0 aromatic carbocycles. The molecule has 21 heavy (non-hydrogen) atoms. The van der Waals surface area contributed by atoms with Crippen LogP contribution in [0.5, 0.6) is 0 Å². The van der Waals surface area contributed by atoms with Crippen molar-refractivity contribution in [3.05, 3.63) is 36.1 Å². The van der Waals surface area contributed by atoms with Crippen LogP contribution in [0, 0.1) is 5.41 Å². The Kier molecular flexibility index (Phi) is 9.62. The maximum absolute atomic E-state index is 10.6. The van der Waals surface area contributed by atoms with Gasteiger partial charge in [-0.15, -0.1) is 0 Å². The summed E-state index contributed by atoms with van der Waals surface area (Å²) in [4.78, 5) is 1.96. The number of amidine groups is 1. The van der Waals surface area contributed by atoms with E-state index in [9.17, 15) is 5.11 Å². The van der Waals surface area contributed by atoms with E-state index in [0.717, 1.165) is 0 Å². The van der Waals surface area contributed by atoms with E-state index in [4.69, 9.17) is 10.5 Å². The van der Waals surface area contributed by atoms with E-state index in [-0.39, 0.29) is 12.4 Å². The minimum absolute atomic E-state index is 0.105. The second-order valence-electron chi connectivity index (χ2n) is 5.21. The fraction of sp³-hybridized carbons (Fsp3) is 0.562. The maximum atomic E-state index is 10.6. The van der Waals surface area contributed by atoms with Crippen LogP contribution in [-0.2, 0) is 0 Å². The van der Waals surface area contributed by atoms with E-state index in [1.54, 1.807) is 25.3 Å². The summed E-state index contributed by atoms with van der Waals surface area (Å²) in [5.41, 5.74) is -0.343. The molecule has 4 N–H and O–H groups in total. The number of nitrogens with one attached hydrogen (secondary N) is 2. The Bertz CT molecular complexity index is 398. The van der Waals surface area contributed by atoms with Crippen LogP contribution >= 0.6 is 0 Å². The number of rotatable bonds is 9. The van der Waals surface area contributed by atoms with Crippen molar-refractivity contribution in [3.8, 4) is 0 Å². The van der Waals surface area contributed by atoms with E-state index in [0.29, 0.717) is 25.1 Å². The molecule has 0 aromatic rings. The SMILES string of the molecule is C/C=C\NC(=N)/C=C(\C=C/C)C(C)(O)CCN(C)CCO. The fourth-order valence-electron chi connectivity index (χ4n) is 1.77. The summed E-state index contributed by atoms with van der Waals surface area (Å²) < 4.78 is 0. The minimum atomic E-state index is -1.03. The van der Waals surface area contributed by atoms with Gasteiger partial charge in [-0.1, -0.05) is 18.2 Å². The van der Waals surface area contributed by atoms with Crippen LogP contribution in [0.1, 0.15) is 27.2 Å². The molecule has 0 saturated carbocycles. The summed E-state index contributed by atoms with van der Waals surface area (Å²) in [7, 11) is 1.90. The lowest BCUT2D eigenvalue weighted by atomic mass is 9.91. The summed E-state index contributed by atoms with van der Waals surface area (Å²) in [6.07, 6.45) is 9.30. The molecule has 1 unspecified atom stereocenters. The zero-order chi connectivity index (χ0) is 16.3. The highest BCUT2D eigenvalue weighted by atomic mass is 16.3. The molecule has 1 atom stereocenters. The summed E-state index contributed by atoms with van der Waals surface area (Å²) in [6, 6.07) is 0. The van der Waals surface area contributed by atoms with Gasteiger partial charge in [0.25, 0.3) is 0 Å². The Morgan fingerprint density at radius 1 is 1.29 bits per heavy atom. The largest absolute Gasteiger partial charge is 0.395 e. The Morgan fingerprint density at radius 3 is 2.48 bits per heavy atom. The molecule has 0 aliphatic carbocycles. The van der Waals surface area contributed by atoms with Gasteiger partial charge in [0.15, 0.2) is 0 Å². The van der Waals surface area contributed by atoms with Gasteiger partial charge in [0, 0.05) is 13.1 Å². The van der Waals surface area contributed by atoms with Gasteiger partial charge in [-0.3, -0.25) is 5.41 Å². The Balaban J connectivity index is 4.90. The third-order valence-electron chi connectivity index (χ3n) is 3.14. The summed E-state index contributed by atoms with van der Waals surface area (Å²) in [6.45, 7) is 6.84. The molecule has 0 bridgehead atoms. The number of aliphatic hydroxyl groups is 2. The van der Waals surface area contributed by atoms with Crippen molar-refractivity contribution in [1.82, 2.24) is 10.2 Å². The van der Waals surface area contributed by atoms with Crippen molar-refractivity contribution < 1.29 is 10.2 Å². The van der Waals surface area contributed by atoms with Gasteiger partial charge in [-0.25, -0.2) is 0 Å². The highest BCUT2D eigenvalue weighted by Gasteiger charge is 2.24. The van der Waals surface area contributed by atoms with Crippen LogP contribution in [0.2, 0.25) is 0 Å². The highest BCUT2D eigenvalue weighted by molar-refractivity contribution is 5.92. The maximum Gasteiger partial charge on any atom is 0.122 e. The lowest BCUT2D eigenvalue weighted by Crippen LogP contribution is -2.34. The summed E-state index contributed by atoms with van der Waals surface area (Å²) in [5.74, 6) is 0.227. The Hall–Kier alpha value is -1.43. The Morgan fingerprint density at radius 2 is 1.95 bits per heavy atom. The predicted molar refractivity (Wildman–Crippen MR) is 88.4 cm³/mol. The molecule has 5 heteroatoms. The molecular weight excluding hydrogens is 266 g/mol. The van der Waals surface area contributed by atoms with Gasteiger partial charge in [0.1, 0.15) is 5.84 Å². The molecule has 0 heterocycles. The highest BCUT2D eigenvalue weighted by Crippen LogP contribution is 2.22. The predicted octanol–water partition coefficient (Wildman–Crippen LogP) is 1.65. The first-order valence-corrected chi connectivity index (χ1v) is 7.20. The summed E-state index contributed by atoms with van der Waals surface area (Å²) >= 11 is 0. The standard InChI is InChI=1S/C16H29N3O2/c1-5-7-14(13-15(17)18-9-6-2)16(3,21)8-10-19(4)11-12-20/h5-7,9,13,20-21H,8,10-12H2,1-4H3,(H2,17,18)/b7-5-,9-6-,14-13+. The normalized spacial score (nSPS) is 15.9. The first kappa shape index (κ1) is 19.6. The van der Waals surface area contributed by atoms with Gasteiger partial charge in [-0.2, -0.15) is 0 Å². The molecule has 0 amide bonds. The lowest BCUT2D eigenvalue weighted by molar-refractivity contribution is 0.0785. The quantitative estimate of drug-likeness (QED) is 0.296. The van der Waals surface area contributed by atoms with Crippen molar-refractivity contribution in [2.75, 3.05) is 26.7 Å². The van der Waals surface area contributed by atoms with E-state index in [2.05, 4.69) is 5.32 Å². The van der Waals surface area contributed by atoms with Crippen LogP contribution < -0.4 is 5.32 Å². The molecule has 0 fully saturated rings. The average Bonchev–Trinajstić information content (AvgIpc) is 2.43. The summed E-state index contributed by atoms with van der Waals surface area (Å²) in [5, 5.41) is 30.2. The average molecular weight is 295 g/mol. The van der Waals surface area contributed by atoms with Crippen molar-refractivity contribution in [3.63, 3.8) is 0 Å². The fourth-order valence-corrected chi connectivity index (χ4v) is 1.77. The Labute approximate surface area is 128 Å². The molecule has 0 aromatic heterocycles. The first-order valence-electron chi connectivity index (χ1n) is 7.20. The molecule has 0 rings (SSSR count). The minimum Gasteiger partial charge on any atom is -0.395 e. The molecule has 0 radical (unpaired) electrons. The van der Waals surface area contributed by atoms with E-state index in [1.807, 2.05) is 37.9 Å². The number of likely N-dealkylation sites (N-methyl/N-ethyl adjacent to an activating group) is 1. The van der Waals surface area contributed by atoms with Crippen molar-refractivity contribution in [2.45, 2.75) is 32.8 Å². The topological polar surface area (TPSA) is 79.6 Å². The van der Waals surface area contributed by atoms with Gasteiger partial charge >= 0.3 is 0 Å². The molecule has 0 saturated heterocycles. The van der Waals surface area contributed by atoms with E-state index >= 15 is 0 Å². The van der Waals surface area contributed by atoms with Crippen molar-refractivity contribution >= 4 is 5.84 Å². The molecular formula is C16H29N3O2. The van der Waals surface area contributed by atoms with Gasteiger partial charge in [0.05, 0.1) is 12.2 Å². The molecule has 5 nitrogen and oxygen atoms in total. The first-order chi connectivity index (χ1) is 9.87. The number of hydrogen-bond acceptors (Lipinski definition) is 4. The van der Waals surface area contributed by atoms with Crippen LogP contribution in [0.15, 0.2) is 36.1 Å². The smallest absolute Gasteiger partial charge is 0.122 e. The van der Waals surface area contributed by atoms with Crippen LogP contribution in [0.25, 0.3) is 0 Å². The van der Waals surface area contributed by atoms with Gasteiger partial charge in [-0.05, 0) is 52.1 Å². The zero-order valence-electron chi connectivity index (χ0n) is 13.6. The van der Waals surface area contributed by atoms with Gasteiger partial charge < -0.3 is 20.4 Å². The second kappa shape index (κ2) is 10.3. The lowest BCUT2D eigenvalue weighted by Gasteiger charge is -2.27. The number of allylic oxidation sites excluding steroid dienone is 2. The van der Waals surface area contributed by atoms with Gasteiger partial charge in [0.2, 0.25) is 0 Å². The van der Waals surface area contributed by atoms with Crippen molar-refractivity contribution in [1.29, 1.82) is 5.41 Å². The third kappa shape index (κ3) is 8.45. The molecule has 0 aliphatic rings. The number of aliphatic hydroxyl groups excluding tert-OH is 1. The number of nitrogens with zero attached hydrogens (tertiary/aromatic N) is 1. The molecule has 0 aliphatic heterocycles. The third-order valence-corrected chi connectivity index (χ3v) is 3.14. The van der Waals surface area contributed by atoms with Crippen molar-refractivity contribution in [2.24, 2.45) is 0 Å². The van der Waals surface area contributed by atoms with E-state index in [1.165, 1.54) is 0 Å². The van der Waals surface area contributed by atoms with Crippen LogP contribution in [-0.4, -0.2) is 53.3 Å². The van der Waals surface area contributed by atoms with E-state index < -0.39 is 5.60 Å². The molecule has 0 spiro atoms. The monoisotopic (exact) mass is 295 g/mol. The second-order valence-corrected chi connectivity index (χ2v) is 5.21. The van der Waals surface area contributed by atoms with Crippen LogP contribution in [0.3, 0.4) is 0 Å². The van der Waals surface area contributed by atoms with Crippen LogP contribution in [0.4, 0.5) is 0 Å². The zero-order valence-corrected chi connectivity index (χ0v) is 13.6. The number of hydrogen-bond donors (Lipinski definition) is 4.